The van der Waals surface area contributed by atoms with E-state index in [9.17, 15) is 13.6 Å². The molecule has 4 rings (SSSR count). The summed E-state index contributed by atoms with van der Waals surface area (Å²) in [4.78, 5) is 15.7. The number of fused-ring (bicyclic) bond motifs is 1. The zero-order chi connectivity index (χ0) is 20.2. The van der Waals surface area contributed by atoms with Crippen molar-refractivity contribution >= 4 is 34.7 Å². The highest BCUT2D eigenvalue weighted by molar-refractivity contribution is 7.99. The first-order valence-electron chi connectivity index (χ1n) is 9.42. The summed E-state index contributed by atoms with van der Waals surface area (Å²) in [6.45, 7) is 0.684. The fourth-order valence-electron chi connectivity index (χ4n) is 3.54. The van der Waals surface area contributed by atoms with E-state index in [1.807, 2.05) is 47.4 Å². The third-order valence-electron chi connectivity index (χ3n) is 4.87. The Morgan fingerprint density at radius 1 is 0.966 bits per heavy atom. The van der Waals surface area contributed by atoms with Gasteiger partial charge >= 0.3 is 0 Å². The molecule has 0 aromatic heterocycles. The standard InChI is InChI=1S/C23H20F2N2OS/c24-23(25)29-18-13-11-17(12-14-18)26-20-9-3-2-8-19(20)22(28)27-15-5-7-16-6-1-4-10-21(16)27/h1-4,6,8-14,23,26H,5,7,15H2. The first-order chi connectivity index (χ1) is 14.1. The lowest BCUT2D eigenvalue weighted by atomic mass is 10.0. The van der Waals surface area contributed by atoms with Crippen molar-refractivity contribution in [3.05, 3.63) is 83.9 Å². The molecule has 0 unspecified atom stereocenters. The maximum atomic E-state index is 13.3. The number of carbonyl (C=O) groups is 1. The van der Waals surface area contributed by atoms with Crippen molar-refractivity contribution in [2.24, 2.45) is 0 Å². The summed E-state index contributed by atoms with van der Waals surface area (Å²) < 4.78 is 25.0. The molecule has 3 aromatic carbocycles. The van der Waals surface area contributed by atoms with Gasteiger partial charge < -0.3 is 10.2 Å². The van der Waals surface area contributed by atoms with Crippen LogP contribution in [0.3, 0.4) is 0 Å². The van der Waals surface area contributed by atoms with E-state index in [4.69, 9.17) is 0 Å². The Bertz CT molecular complexity index is 1010. The smallest absolute Gasteiger partial charge is 0.288 e. The Morgan fingerprint density at radius 2 is 1.69 bits per heavy atom. The topological polar surface area (TPSA) is 32.3 Å². The molecule has 0 atom stereocenters. The van der Waals surface area contributed by atoms with Gasteiger partial charge in [0.2, 0.25) is 0 Å². The van der Waals surface area contributed by atoms with E-state index in [0.29, 0.717) is 34.5 Å². The largest absolute Gasteiger partial charge is 0.355 e. The van der Waals surface area contributed by atoms with Gasteiger partial charge in [0, 0.05) is 22.8 Å². The van der Waals surface area contributed by atoms with Crippen LogP contribution in [0.4, 0.5) is 25.8 Å². The molecule has 0 saturated heterocycles. The van der Waals surface area contributed by atoms with Crippen molar-refractivity contribution in [2.75, 3.05) is 16.8 Å². The molecule has 1 heterocycles. The van der Waals surface area contributed by atoms with Crippen molar-refractivity contribution in [1.82, 2.24) is 0 Å². The minimum Gasteiger partial charge on any atom is -0.355 e. The number of hydrogen-bond acceptors (Lipinski definition) is 3. The second-order valence-corrected chi connectivity index (χ2v) is 7.83. The first kappa shape index (κ1) is 19.5. The minimum atomic E-state index is -2.44. The van der Waals surface area contributed by atoms with Gasteiger partial charge in [0.05, 0.1) is 11.3 Å². The molecule has 0 bridgehead atoms. The third kappa shape index (κ3) is 4.43. The molecule has 0 radical (unpaired) electrons. The summed E-state index contributed by atoms with van der Waals surface area (Å²) in [5.41, 5.74) is 4.16. The van der Waals surface area contributed by atoms with Gasteiger partial charge in [0.25, 0.3) is 11.7 Å². The van der Waals surface area contributed by atoms with Gasteiger partial charge in [-0.1, -0.05) is 42.1 Å². The summed E-state index contributed by atoms with van der Waals surface area (Å²) in [6, 6.07) is 22.1. The Morgan fingerprint density at radius 3 is 2.48 bits per heavy atom. The molecule has 1 N–H and O–H groups in total. The van der Waals surface area contributed by atoms with Crippen LogP contribution in [0.25, 0.3) is 0 Å². The number of halogens is 2. The number of thioether (sulfide) groups is 1. The zero-order valence-electron chi connectivity index (χ0n) is 15.6. The highest BCUT2D eigenvalue weighted by Gasteiger charge is 2.24. The normalized spacial score (nSPS) is 13.3. The minimum absolute atomic E-state index is 0.0508. The van der Waals surface area contributed by atoms with Gasteiger partial charge in [-0.2, -0.15) is 8.78 Å². The molecule has 0 saturated carbocycles. The maximum Gasteiger partial charge on any atom is 0.288 e. The number of para-hydroxylation sites is 2. The Hall–Kier alpha value is -2.86. The average molecular weight is 410 g/mol. The Balaban J connectivity index is 1.58. The van der Waals surface area contributed by atoms with Crippen LogP contribution in [-0.4, -0.2) is 18.2 Å². The van der Waals surface area contributed by atoms with E-state index in [2.05, 4.69) is 11.4 Å². The van der Waals surface area contributed by atoms with E-state index in [-0.39, 0.29) is 5.91 Å². The quantitative estimate of drug-likeness (QED) is 0.498. The molecule has 3 aromatic rings. The van der Waals surface area contributed by atoms with Crippen LogP contribution in [0.15, 0.2) is 77.7 Å². The first-order valence-corrected chi connectivity index (χ1v) is 10.3. The van der Waals surface area contributed by atoms with Crippen molar-refractivity contribution in [2.45, 2.75) is 23.5 Å². The van der Waals surface area contributed by atoms with E-state index in [1.165, 1.54) is 5.56 Å². The molecular formula is C23H20F2N2OS. The van der Waals surface area contributed by atoms with Gasteiger partial charge in [0.15, 0.2) is 0 Å². The van der Waals surface area contributed by atoms with Crippen molar-refractivity contribution < 1.29 is 13.6 Å². The number of rotatable bonds is 5. The van der Waals surface area contributed by atoms with Crippen LogP contribution in [-0.2, 0) is 6.42 Å². The SMILES string of the molecule is O=C(c1ccccc1Nc1ccc(SC(F)F)cc1)N1CCCc2ccccc21. The number of nitrogens with zero attached hydrogens (tertiary/aromatic N) is 1. The number of carbonyl (C=O) groups excluding carboxylic acids is 1. The molecule has 1 aliphatic rings. The van der Waals surface area contributed by atoms with E-state index < -0.39 is 5.76 Å². The number of aryl methyl sites for hydroxylation is 1. The van der Waals surface area contributed by atoms with Crippen LogP contribution in [0.1, 0.15) is 22.3 Å². The lowest BCUT2D eigenvalue weighted by Crippen LogP contribution is -2.35. The van der Waals surface area contributed by atoms with E-state index in [1.54, 1.807) is 24.3 Å². The summed E-state index contributed by atoms with van der Waals surface area (Å²) in [5.74, 6) is -2.50. The van der Waals surface area contributed by atoms with Crippen LogP contribution in [0, 0.1) is 0 Å². The summed E-state index contributed by atoms with van der Waals surface area (Å²) >= 11 is 0.512. The molecule has 3 nitrogen and oxygen atoms in total. The lowest BCUT2D eigenvalue weighted by Gasteiger charge is -2.30. The fourth-order valence-corrected chi connectivity index (χ4v) is 4.04. The highest BCUT2D eigenvalue weighted by Crippen LogP contribution is 2.31. The van der Waals surface area contributed by atoms with Gasteiger partial charge in [-0.05, 0) is 60.9 Å². The van der Waals surface area contributed by atoms with Crippen LogP contribution in [0.5, 0.6) is 0 Å². The van der Waals surface area contributed by atoms with Gasteiger partial charge in [-0.3, -0.25) is 4.79 Å². The van der Waals surface area contributed by atoms with Crippen molar-refractivity contribution in [3.8, 4) is 0 Å². The van der Waals surface area contributed by atoms with Gasteiger partial charge in [-0.15, -0.1) is 0 Å². The number of hydrogen-bond donors (Lipinski definition) is 1. The van der Waals surface area contributed by atoms with Crippen LogP contribution >= 0.6 is 11.8 Å². The number of nitrogens with one attached hydrogen (secondary N) is 1. The Labute approximate surface area is 172 Å². The molecule has 29 heavy (non-hydrogen) atoms. The zero-order valence-corrected chi connectivity index (χ0v) is 16.5. The molecule has 1 amide bonds. The molecule has 0 spiro atoms. The summed E-state index contributed by atoms with van der Waals surface area (Å²) in [7, 11) is 0. The fraction of sp³-hybridized carbons (Fsp3) is 0.174. The summed E-state index contributed by atoms with van der Waals surface area (Å²) in [5, 5.41) is 3.25. The Kier molecular flexibility index (Phi) is 5.81. The predicted molar refractivity (Wildman–Crippen MR) is 114 cm³/mol. The highest BCUT2D eigenvalue weighted by atomic mass is 32.2. The number of amides is 1. The average Bonchev–Trinajstić information content (AvgIpc) is 2.74. The van der Waals surface area contributed by atoms with E-state index in [0.717, 1.165) is 24.2 Å². The third-order valence-corrected chi connectivity index (χ3v) is 5.59. The van der Waals surface area contributed by atoms with Gasteiger partial charge in [-0.25, -0.2) is 0 Å². The number of alkyl halides is 2. The molecule has 1 aliphatic heterocycles. The molecular weight excluding hydrogens is 390 g/mol. The van der Waals surface area contributed by atoms with Crippen molar-refractivity contribution in [1.29, 1.82) is 0 Å². The molecule has 148 valence electrons. The van der Waals surface area contributed by atoms with Gasteiger partial charge in [0.1, 0.15) is 0 Å². The van der Waals surface area contributed by atoms with Crippen LogP contribution in [0.2, 0.25) is 0 Å². The molecule has 6 heteroatoms. The van der Waals surface area contributed by atoms with E-state index >= 15 is 0 Å². The maximum absolute atomic E-state index is 13.3. The molecule has 0 fully saturated rings. The van der Waals surface area contributed by atoms with Crippen molar-refractivity contribution in [3.63, 3.8) is 0 Å². The second kappa shape index (κ2) is 8.66. The number of benzene rings is 3. The molecule has 0 aliphatic carbocycles. The monoisotopic (exact) mass is 410 g/mol. The second-order valence-electron chi connectivity index (χ2n) is 6.76. The predicted octanol–water partition coefficient (Wildman–Crippen LogP) is 6.34. The van der Waals surface area contributed by atoms with Crippen LogP contribution < -0.4 is 10.2 Å². The number of anilines is 3. The lowest BCUT2D eigenvalue weighted by molar-refractivity contribution is 0.0986. The summed E-state index contributed by atoms with van der Waals surface area (Å²) in [6.07, 6.45) is 1.91.